The van der Waals surface area contributed by atoms with E-state index in [-0.39, 0.29) is 17.1 Å². The Labute approximate surface area is 206 Å². The van der Waals surface area contributed by atoms with Gasteiger partial charge in [-0.3, -0.25) is 9.69 Å². The molecule has 2 aliphatic heterocycles. The first-order valence-electron chi connectivity index (χ1n) is 11.9. The van der Waals surface area contributed by atoms with E-state index in [2.05, 4.69) is 4.90 Å². The SMILES string of the molecule is COc1cc(/C=C/C(=O)c2ccc3c(c2O)C=CC(C)(C)O3)ccc1OCCCN1CCOCC1. The quantitative estimate of drug-likeness (QED) is 0.320. The maximum atomic E-state index is 12.8. The van der Waals surface area contributed by atoms with Gasteiger partial charge in [-0.25, -0.2) is 0 Å². The minimum absolute atomic E-state index is 0.0812. The molecule has 7 nitrogen and oxygen atoms in total. The number of phenolic OH excluding ortho intramolecular Hbond substituents is 1. The molecule has 0 bridgehead atoms. The average molecular weight is 480 g/mol. The number of nitrogens with zero attached hydrogens (tertiary/aromatic N) is 1. The fraction of sp³-hybridized carbons (Fsp3) is 0.393. The maximum Gasteiger partial charge on any atom is 0.189 e. The van der Waals surface area contributed by atoms with Crippen molar-refractivity contribution in [2.75, 3.05) is 46.6 Å². The number of ether oxygens (including phenoxy) is 4. The highest BCUT2D eigenvalue weighted by Gasteiger charge is 2.25. The van der Waals surface area contributed by atoms with E-state index < -0.39 is 5.60 Å². The van der Waals surface area contributed by atoms with Gasteiger partial charge in [0.05, 0.1) is 38.1 Å². The molecule has 7 heteroatoms. The summed E-state index contributed by atoms with van der Waals surface area (Å²) >= 11 is 0. The van der Waals surface area contributed by atoms with Crippen LogP contribution in [0.15, 0.2) is 42.5 Å². The molecular formula is C28H33NO6. The molecule has 0 saturated carbocycles. The molecule has 0 aromatic heterocycles. The van der Waals surface area contributed by atoms with E-state index in [0.29, 0.717) is 29.4 Å². The van der Waals surface area contributed by atoms with Gasteiger partial charge < -0.3 is 24.1 Å². The van der Waals surface area contributed by atoms with Gasteiger partial charge in [0, 0.05) is 19.6 Å². The lowest BCUT2D eigenvalue weighted by molar-refractivity contribution is 0.0357. The van der Waals surface area contributed by atoms with Crippen LogP contribution in [-0.4, -0.2) is 68.0 Å². The summed E-state index contributed by atoms with van der Waals surface area (Å²) < 4.78 is 22.6. The highest BCUT2D eigenvalue weighted by molar-refractivity contribution is 6.09. The van der Waals surface area contributed by atoms with Gasteiger partial charge in [-0.1, -0.05) is 12.1 Å². The molecule has 0 atom stereocenters. The fourth-order valence-corrected chi connectivity index (χ4v) is 4.10. The number of carbonyl (C=O) groups is 1. The molecule has 0 unspecified atom stereocenters. The summed E-state index contributed by atoms with van der Waals surface area (Å²) in [6, 6.07) is 8.85. The first-order valence-corrected chi connectivity index (χ1v) is 11.9. The van der Waals surface area contributed by atoms with Gasteiger partial charge in [0.2, 0.25) is 0 Å². The molecule has 2 aromatic rings. The van der Waals surface area contributed by atoms with E-state index in [9.17, 15) is 9.90 Å². The lowest BCUT2D eigenvalue weighted by Crippen LogP contribution is -2.37. The van der Waals surface area contributed by atoms with E-state index in [1.807, 2.05) is 38.1 Å². The monoisotopic (exact) mass is 479 g/mol. The van der Waals surface area contributed by atoms with Crippen LogP contribution in [0.1, 0.15) is 41.8 Å². The highest BCUT2D eigenvalue weighted by atomic mass is 16.5. The largest absolute Gasteiger partial charge is 0.506 e. The van der Waals surface area contributed by atoms with Crippen LogP contribution >= 0.6 is 0 Å². The molecule has 1 fully saturated rings. The molecule has 0 spiro atoms. The predicted molar refractivity (Wildman–Crippen MR) is 136 cm³/mol. The number of ketones is 1. The number of aromatic hydroxyl groups is 1. The highest BCUT2D eigenvalue weighted by Crippen LogP contribution is 2.38. The summed E-state index contributed by atoms with van der Waals surface area (Å²) in [5, 5.41) is 10.6. The Balaban J connectivity index is 1.37. The Morgan fingerprint density at radius 2 is 1.97 bits per heavy atom. The molecule has 2 aromatic carbocycles. The number of rotatable bonds is 9. The summed E-state index contributed by atoms with van der Waals surface area (Å²) in [4.78, 5) is 15.2. The van der Waals surface area contributed by atoms with Crippen molar-refractivity contribution in [2.45, 2.75) is 25.9 Å². The van der Waals surface area contributed by atoms with Crippen LogP contribution in [0.4, 0.5) is 0 Å². The Morgan fingerprint density at radius 3 is 2.74 bits per heavy atom. The summed E-state index contributed by atoms with van der Waals surface area (Å²) in [7, 11) is 1.59. The number of phenols is 1. The summed E-state index contributed by atoms with van der Waals surface area (Å²) in [5.74, 6) is 1.45. The molecule has 4 rings (SSSR count). The number of allylic oxidation sites excluding steroid dienone is 1. The van der Waals surface area contributed by atoms with Crippen LogP contribution < -0.4 is 14.2 Å². The van der Waals surface area contributed by atoms with Gasteiger partial charge in [-0.2, -0.15) is 0 Å². The molecule has 1 N–H and O–H groups in total. The van der Waals surface area contributed by atoms with Gasteiger partial charge in [0.15, 0.2) is 17.3 Å². The standard InChI is InChI=1S/C28H33NO6/c1-28(2)12-11-22-24(35-28)10-7-21(27(22)31)23(30)8-5-20-6-9-25(26(19-20)32-3)34-16-4-13-29-14-17-33-18-15-29/h5-12,19,31H,4,13-18H2,1-3H3/b8-5+. The molecular weight excluding hydrogens is 446 g/mol. The first-order chi connectivity index (χ1) is 16.9. The van der Waals surface area contributed by atoms with Crippen molar-refractivity contribution in [1.82, 2.24) is 4.90 Å². The van der Waals surface area contributed by atoms with Crippen LogP contribution in [-0.2, 0) is 4.74 Å². The van der Waals surface area contributed by atoms with E-state index >= 15 is 0 Å². The number of hydrogen-bond acceptors (Lipinski definition) is 7. The minimum Gasteiger partial charge on any atom is -0.506 e. The van der Waals surface area contributed by atoms with Crippen molar-refractivity contribution in [3.05, 3.63) is 59.2 Å². The van der Waals surface area contributed by atoms with Crippen LogP contribution in [0.5, 0.6) is 23.0 Å². The van der Waals surface area contributed by atoms with Gasteiger partial charge in [0.25, 0.3) is 0 Å². The normalized spacial score (nSPS) is 17.1. The van der Waals surface area contributed by atoms with Crippen LogP contribution in [0.3, 0.4) is 0 Å². The lowest BCUT2D eigenvalue weighted by Gasteiger charge is -2.28. The Morgan fingerprint density at radius 1 is 1.17 bits per heavy atom. The molecule has 0 amide bonds. The zero-order chi connectivity index (χ0) is 24.8. The minimum atomic E-state index is -0.456. The second-order valence-electron chi connectivity index (χ2n) is 9.18. The van der Waals surface area contributed by atoms with E-state index in [1.165, 1.54) is 6.08 Å². The Hall–Kier alpha value is -3.29. The van der Waals surface area contributed by atoms with Crippen molar-refractivity contribution < 1.29 is 28.8 Å². The molecule has 186 valence electrons. The molecule has 2 aliphatic rings. The van der Waals surface area contributed by atoms with Crippen molar-refractivity contribution in [3.63, 3.8) is 0 Å². The van der Waals surface area contributed by atoms with Crippen molar-refractivity contribution >= 4 is 17.9 Å². The Kier molecular flexibility index (Phi) is 7.78. The predicted octanol–water partition coefficient (Wildman–Crippen LogP) is 4.58. The Bertz CT molecular complexity index is 1110. The van der Waals surface area contributed by atoms with Crippen LogP contribution in [0.2, 0.25) is 0 Å². The molecule has 1 saturated heterocycles. The third-order valence-electron chi connectivity index (χ3n) is 6.06. The van der Waals surface area contributed by atoms with Gasteiger partial charge in [-0.05, 0) is 68.3 Å². The smallest absolute Gasteiger partial charge is 0.189 e. The van der Waals surface area contributed by atoms with Crippen molar-refractivity contribution in [3.8, 4) is 23.0 Å². The van der Waals surface area contributed by atoms with E-state index in [1.54, 1.807) is 31.4 Å². The van der Waals surface area contributed by atoms with Gasteiger partial charge in [0.1, 0.15) is 17.1 Å². The number of carbonyl (C=O) groups excluding carboxylic acids is 1. The second kappa shape index (κ2) is 11.0. The van der Waals surface area contributed by atoms with Gasteiger partial charge in [-0.15, -0.1) is 0 Å². The zero-order valence-electron chi connectivity index (χ0n) is 20.6. The maximum absolute atomic E-state index is 12.8. The second-order valence-corrected chi connectivity index (χ2v) is 9.18. The third-order valence-corrected chi connectivity index (χ3v) is 6.06. The van der Waals surface area contributed by atoms with E-state index in [0.717, 1.165) is 44.8 Å². The number of methoxy groups -OCH3 is 1. The van der Waals surface area contributed by atoms with Gasteiger partial charge >= 0.3 is 0 Å². The molecule has 0 aliphatic carbocycles. The molecule has 35 heavy (non-hydrogen) atoms. The van der Waals surface area contributed by atoms with Crippen molar-refractivity contribution in [1.29, 1.82) is 0 Å². The molecule has 2 heterocycles. The average Bonchev–Trinajstić information content (AvgIpc) is 2.85. The first kappa shape index (κ1) is 24.8. The third kappa shape index (κ3) is 6.24. The summed E-state index contributed by atoms with van der Waals surface area (Å²) in [6.45, 7) is 8.95. The topological polar surface area (TPSA) is 77.5 Å². The van der Waals surface area contributed by atoms with E-state index in [4.69, 9.17) is 18.9 Å². The number of fused-ring (bicyclic) bond motifs is 1. The zero-order valence-corrected chi connectivity index (χ0v) is 20.6. The number of benzene rings is 2. The van der Waals surface area contributed by atoms with Crippen molar-refractivity contribution in [2.24, 2.45) is 0 Å². The molecule has 0 radical (unpaired) electrons. The fourth-order valence-electron chi connectivity index (χ4n) is 4.10. The summed E-state index contributed by atoms with van der Waals surface area (Å²) in [6.07, 6.45) is 7.70. The number of morpholine rings is 1. The van der Waals surface area contributed by atoms with Crippen LogP contribution in [0, 0.1) is 0 Å². The lowest BCUT2D eigenvalue weighted by atomic mass is 9.98. The summed E-state index contributed by atoms with van der Waals surface area (Å²) in [5.41, 5.74) is 1.07. The number of hydrogen-bond donors (Lipinski definition) is 1. The van der Waals surface area contributed by atoms with Crippen LogP contribution in [0.25, 0.3) is 12.2 Å².